The minimum Gasteiger partial charge on any atom is -0.448 e. The summed E-state index contributed by atoms with van der Waals surface area (Å²) in [5.41, 5.74) is 0.162. The smallest absolute Gasteiger partial charge is 0.313 e. The average Bonchev–Trinajstić information content (AvgIpc) is 2.43. The molecule has 1 unspecified atom stereocenters. The summed E-state index contributed by atoms with van der Waals surface area (Å²) in [6, 6.07) is 5.49. The minimum absolute atomic E-state index is 0.0407. The van der Waals surface area contributed by atoms with Gasteiger partial charge in [-0.2, -0.15) is 0 Å². The maximum atomic E-state index is 11.0. The van der Waals surface area contributed by atoms with Gasteiger partial charge in [0.25, 0.3) is 0 Å². The van der Waals surface area contributed by atoms with Crippen LogP contribution in [0.15, 0.2) is 30.5 Å². The molecule has 0 bridgehead atoms. The van der Waals surface area contributed by atoms with Crippen LogP contribution in [0.1, 0.15) is 18.7 Å². The van der Waals surface area contributed by atoms with Crippen LogP contribution in [-0.4, -0.2) is 15.0 Å². The first-order chi connectivity index (χ1) is 9.88. The third-order valence-corrected chi connectivity index (χ3v) is 3.34. The Kier molecular flexibility index (Phi) is 4.62. The molecule has 0 spiro atoms. The molecule has 0 radical (unpaired) electrons. The van der Waals surface area contributed by atoms with Gasteiger partial charge in [0.05, 0.1) is 33.0 Å². The molecule has 2 aromatic rings. The van der Waals surface area contributed by atoms with Crippen molar-refractivity contribution in [2.24, 2.45) is 0 Å². The molecule has 0 aliphatic heterocycles. The summed E-state index contributed by atoms with van der Waals surface area (Å²) in [6.07, 6.45) is 0.646. The van der Waals surface area contributed by atoms with Gasteiger partial charge < -0.3 is 9.84 Å². The Morgan fingerprint density at radius 1 is 1.33 bits per heavy atom. The molecule has 0 fully saturated rings. The highest BCUT2D eigenvalue weighted by molar-refractivity contribution is 6.42. The predicted molar refractivity (Wildman–Crippen MR) is 78.1 cm³/mol. The summed E-state index contributed by atoms with van der Waals surface area (Å²) < 4.78 is 5.41. The molecule has 21 heavy (non-hydrogen) atoms. The van der Waals surface area contributed by atoms with Crippen molar-refractivity contribution in [2.75, 3.05) is 0 Å². The zero-order valence-corrected chi connectivity index (χ0v) is 12.3. The van der Waals surface area contributed by atoms with Crippen molar-refractivity contribution in [3.05, 3.63) is 56.3 Å². The number of hydrogen-bond donors (Lipinski definition) is 1. The summed E-state index contributed by atoms with van der Waals surface area (Å²) in [5, 5.41) is 20.6. The Bertz CT molecular complexity index is 675. The minimum atomic E-state index is -0.710. The van der Waals surface area contributed by atoms with Crippen LogP contribution in [0.5, 0.6) is 11.5 Å². The van der Waals surface area contributed by atoms with Crippen LogP contribution in [0, 0.1) is 10.1 Å². The molecule has 2 rings (SSSR count). The van der Waals surface area contributed by atoms with Gasteiger partial charge in [0.1, 0.15) is 5.75 Å². The van der Waals surface area contributed by atoms with E-state index in [1.807, 2.05) is 0 Å². The molecule has 6 nitrogen and oxygen atoms in total. The van der Waals surface area contributed by atoms with Crippen LogP contribution in [-0.2, 0) is 0 Å². The Morgan fingerprint density at radius 3 is 2.52 bits per heavy atom. The summed E-state index contributed by atoms with van der Waals surface area (Å²) in [5.74, 6) is 0.238. The second-order valence-electron chi connectivity index (χ2n) is 4.19. The van der Waals surface area contributed by atoms with E-state index >= 15 is 0 Å². The standard InChI is InChI=1S/C13H10Cl2N2O4/c1-7(18)11-3-2-8(6-16-11)21-13-5-10(15)9(14)4-12(13)17(19)20/h2-7,18H,1H3. The molecule has 110 valence electrons. The second-order valence-corrected chi connectivity index (χ2v) is 5.00. The Morgan fingerprint density at radius 2 is 2.00 bits per heavy atom. The molecule has 0 saturated heterocycles. The maximum Gasteiger partial charge on any atom is 0.313 e. The van der Waals surface area contributed by atoms with Crippen LogP contribution in [0.4, 0.5) is 5.69 Å². The Balaban J connectivity index is 2.34. The van der Waals surface area contributed by atoms with E-state index in [1.165, 1.54) is 12.3 Å². The molecular weight excluding hydrogens is 319 g/mol. The number of ether oxygens (including phenoxy) is 1. The number of rotatable bonds is 4. The number of benzene rings is 1. The summed E-state index contributed by atoms with van der Waals surface area (Å²) in [4.78, 5) is 14.4. The molecule has 0 aliphatic carbocycles. The van der Waals surface area contributed by atoms with Crippen molar-refractivity contribution >= 4 is 28.9 Å². The van der Waals surface area contributed by atoms with Crippen LogP contribution in [0.25, 0.3) is 0 Å². The monoisotopic (exact) mass is 328 g/mol. The topological polar surface area (TPSA) is 85.5 Å². The van der Waals surface area contributed by atoms with E-state index in [-0.39, 0.29) is 27.2 Å². The lowest BCUT2D eigenvalue weighted by Crippen LogP contribution is -1.97. The van der Waals surface area contributed by atoms with Crippen LogP contribution < -0.4 is 4.74 Å². The number of nitro benzene ring substituents is 1. The van der Waals surface area contributed by atoms with Crippen LogP contribution >= 0.6 is 23.2 Å². The third-order valence-electron chi connectivity index (χ3n) is 2.61. The van der Waals surface area contributed by atoms with Gasteiger partial charge in [-0.15, -0.1) is 0 Å². The fourth-order valence-corrected chi connectivity index (χ4v) is 1.88. The van der Waals surface area contributed by atoms with Crippen molar-refractivity contribution in [3.8, 4) is 11.5 Å². The van der Waals surface area contributed by atoms with Crippen LogP contribution in [0.2, 0.25) is 10.0 Å². The van der Waals surface area contributed by atoms with Crippen molar-refractivity contribution in [1.29, 1.82) is 0 Å². The number of hydrogen-bond acceptors (Lipinski definition) is 5. The van der Waals surface area contributed by atoms with Gasteiger partial charge in [0.15, 0.2) is 0 Å². The number of aromatic nitrogens is 1. The van der Waals surface area contributed by atoms with Gasteiger partial charge in [0, 0.05) is 12.1 Å². The van der Waals surface area contributed by atoms with E-state index in [9.17, 15) is 15.2 Å². The summed E-state index contributed by atoms with van der Waals surface area (Å²) in [6.45, 7) is 1.58. The number of nitro groups is 1. The van der Waals surface area contributed by atoms with Gasteiger partial charge in [-0.1, -0.05) is 23.2 Å². The molecule has 0 saturated carbocycles. The highest BCUT2D eigenvalue weighted by Crippen LogP contribution is 2.37. The first-order valence-electron chi connectivity index (χ1n) is 5.84. The van der Waals surface area contributed by atoms with Gasteiger partial charge in [0.2, 0.25) is 5.75 Å². The lowest BCUT2D eigenvalue weighted by molar-refractivity contribution is -0.385. The molecular formula is C13H10Cl2N2O4. The average molecular weight is 329 g/mol. The Labute approximate surface area is 130 Å². The van der Waals surface area contributed by atoms with Gasteiger partial charge >= 0.3 is 5.69 Å². The maximum absolute atomic E-state index is 11.0. The number of aliphatic hydroxyl groups is 1. The molecule has 8 heteroatoms. The SMILES string of the molecule is CC(O)c1ccc(Oc2cc(Cl)c(Cl)cc2[N+](=O)[O-])cn1. The zero-order valence-electron chi connectivity index (χ0n) is 10.8. The zero-order chi connectivity index (χ0) is 15.6. The number of aliphatic hydroxyl groups excluding tert-OH is 1. The molecule has 1 heterocycles. The van der Waals surface area contributed by atoms with Crippen molar-refractivity contribution in [2.45, 2.75) is 13.0 Å². The van der Waals surface area contributed by atoms with Crippen molar-refractivity contribution in [1.82, 2.24) is 4.98 Å². The second kappa shape index (κ2) is 6.26. The van der Waals surface area contributed by atoms with Gasteiger partial charge in [-0.25, -0.2) is 0 Å². The van der Waals surface area contributed by atoms with Crippen molar-refractivity contribution in [3.63, 3.8) is 0 Å². The summed E-state index contributed by atoms with van der Waals surface area (Å²) in [7, 11) is 0. The Hall–Kier alpha value is -1.89. The van der Waals surface area contributed by atoms with Crippen molar-refractivity contribution < 1.29 is 14.8 Å². The molecule has 1 atom stereocenters. The van der Waals surface area contributed by atoms with E-state index in [4.69, 9.17) is 27.9 Å². The molecule has 1 aromatic carbocycles. The van der Waals surface area contributed by atoms with Crippen LogP contribution in [0.3, 0.4) is 0 Å². The van der Waals surface area contributed by atoms with E-state index in [1.54, 1.807) is 19.1 Å². The van der Waals surface area contributed by atoms with E-state index in [0.717, 1.165) is 6.07 Å². The fraction of sp³-hybridized carbons (Fsp3) is 0.154. The highest BCUT2D eigenvalue weighted by atomic mass is 35.5. The van der Waals surface area contributed by atoms with Gasteiger partial charge in [-0.05, 0) is 19.1 Å². The molecule has 0 aliphatic rings. The lowest BCUT2D eigenvalue weighted by atomic mass is 10.2. The molecule has 0 amide bonds. The quantitative estimate of drug-likeness (QED) is 0.673. The largest absolute Gasteiger partial charge is 0.448 e. The van der Waals surface area contributed by atoms with Gasteiger partial charge in [-0.3, -0.25) is 15.1 Å². The number of pyridine rings is 1. The highest BCUT2D eigenvalue weighted by Gasteiger charge is 2.19. The molecule has 1 N–H and O–H groups in total. The number of halogens is 2. The van der Waals surface area contributed by atoms with E-state index < -0.39 is 11.0 Å². The predicted octanol–water partition coefficient (Wildman–Crippen LogP) is 4.14. The van der Waals surface area contributed by atoms with E-state index in [0.29, 0.717) is 5.69 Å². The fourth-order valence-electron chi connectivity index (χ4n) is 1.57. The third kappa shape index (κ3) is 3.60. The van der Waals surface area contributed by atoms with E-state index in [2.05, 4.69) is 4.98 Å². The first kappa shape index (κ1) is 15.5. The number of nitrogens with zero attached hydrogens (tertiary/aromatic N) is 2. The summed E-state index contributed by atoms with van der Waals surface area (Å²) >= 11 is 11.6. The lowest BCUT2D eigenvalue weighted by Gasteiger charge is -2.08. The first-order valence-corrected chi connectivity index (χ1v) is 6.59. The molecule has 1 aromatic heterocycles. The normalized spacial score (nSPS) is 12.0.